The molecule has 5 rings (SSSR count). The average molecular weight is 555 g/mol. The second kappa shape index (κ2) is 10.4. The number of carboxylic acid groups (broad SMARTS) is 1. The van der Waals surface area contributed by atoms with E-state index in [0.717, 1.165) is 10.7 Å². The molecule has 204 valence electrons. The van der Waals surface area contributed by atoms with E-state index in [1.807, 2.05) is 0 Å². The lowest BCUT2D eigenvalue weighted by Crippen LogP contribution is -2.09. The molecule has 2 N–H and O–H groups in total. The number of anilines is 2. The Bertz CT molecular complexity index is 1710. The first kappa shape index (κ1) is 26.8. The molecule has 0 saturated carbocycles. The fraction of sp³-hybridized carbons (Fsp3) is 0.103. The van der Waals surface area contributed by atoms with Crippen LogP contribution in [0.2, 0.25) is 0 Å². The zero-order chi connectivity index (χ0) is 28.6. The van der Waals surface area contributed by atoms with Crippen molar-refractivity contribution < 1.29 is 36.2 Å². The highest BCUT2D eigenvalue weighted by atomic mass is 19.4. The highest BCUT2D eigenvalue weighted by Gasteiger charge is 2.34. The summed E-state index contributed by atoms with van der Waals surface area (Å²) in [5.41, 5.74) is 0.440. The SMILES string of the molecule is O=C(O)Cc1cccc(Nc2ccc(-c3c4cccc(C(F)(F)F)c4nn3Cc3c(F)cc(F)cc3F)cc2)c1. The Morgan fingerprint density at radius 2 is 1.55 bits per heavy atom. The minimum atomic E-state index is -4.73. The van der Waals surface area contributed by atoms with E-state index in [1.54, 1.807) is 48.5 Å². The van der Waals surface area contributed by atoms with Gasteiger partial charge in [0.1, 0.15) is 23.0 Å². The minimum Gasteiger partial charge on any atom is -0.481 e. The van der Waals surface area contributed by atoms with Crippen LogP contribution in [0, 0.1) is 17.5 Å². The lowest BCUT2D eigenvalue weighted by molar-refractivity contribution is -0.137. The molecule has 0 spiro atoms. The van der Waals surface area contributed by atoms with E-state index in [2.05, 4.69) is 10.4 Å². The molecule has 40 heavy (non-hydrogen) atoms. The van der Waals surface area contributed by atoms with E-state index in [1.165, 1.54) is 12.1 Å². The number of alkyl halides is 3. The van der Waals surface area contributed by atoms with Gasteiger partial charge >= 0.3 is 12.1 Å². The Morgan fingerprint density at radius 1 is 0.875 bits per heavy atom. The molecule has 0 amide bonds. The number of rotatable bonds is 7. The van der Waals surface area contributed by atoms with Crippen molar-refractivity contribution in [2.45, 2.75) is 19.1 Å². The molecule has 0 saturated heterocycles. The topological polar surface area (TPSA) is 67.2 Å². The first-order chi connectivity index (χ1) is 19.0. The van der Waals surface area contributed by atoms with Gasteiger partial charge in [-0.25, -0.2) is 13.2 Å². The lowest BCUT2D eigenvalue weighted by atomic mass is 10.0. The standard InChI is InChI=1S/C29H19F6N3O2/c30-18-13-24(31)22(25(32)14-18)15-38-28(21-5-2-6-23(27(21)37-38)29(33,34)35)17-7-9-19(10-8-17)36-20-4-1-3-16(11-20)12-26(39)40/h1-11,13-14,36H,12,15H2,(H,39,40). The number of aliphatic carboxylic acids is 1. The van der Waals surface area contributed by atoms with Crippen LogP contribution in [-0.2, 0) is 23.9 Å². The summed E-state index contributed by atoms with van der Waals surface area (Å²) < 4.78 is 84.8. The third-order valence-corrected chi connectivity index (χ3v) is 6.22. The van der Waals surface area contributed by atoms with Crippen LogP contribution in [0.5, 0.6) is 0 Å². The Morgan fingerprint density at radius 3 is 2.20 bits per heavy atom. The van der Waals surface area contributed by atoms with Crippen molar-refractivity contribution >= 4 is 28.2 Å². The molecule has 0 fully saturated rings. The van der Waals surface area contributed by atoms with Gasteiger partial charge in [0.15, 0.2) is 0 Å². The smallest absolute Gasteiger partial charge is 0.418 e. The van der Waals surface area contributed by atoms with E-state index in [-0.39, 0.29) is 17.5 Å². The molecule has 11 heteroatoms. The van der Waals surface area contributed by atoms with Gasteiger partial charge in [0.05, 0.1) is 24.2 Å². The summed E-state index contributed by atoms with van der Waals surface area (Å²) in [6.07, 6.45) is -4.88. The van der Waals surface area contributed by atoms with Crippen LogP contribution in [0.1, 0.15) is 16.7 Å². The van der Waals surface area contributed by atoms with Gasteiger partial charge in [0, 0.05) is 40.0 Å². The molecule has 0 aliphatic carbocycles. The van der Waals surface area contributed by atoms with Gasteiger partial charge in [-0.1, -0.05) is 36.4 Å². The number of carbonyl (C=O) groups is 1. The molecule has 5 nitrogen and oxygen atoms in total. The van der Waals surface area contributed by atoms with Gasteiger partial charge in [0.2, 0.25) is 0 Å². The Kier molecular flexibility index (Phi) is 6.97. The van der Waals surface area contributed by atoms with Crippen molar-refractivity contribution in [3.05, 3.63) is 113 Å². The van der Waals surface area contributed by atoms with Gasteiger partial charge in [-0.05, 0) is 35.9 Å². The number of nitrogens with zero attached hydrogens (tertiary/aromatic N) is 2. The average Bonchev–Trinajstić information content (AvgIpc) is 3.24. The van der Waals surface area contributed by atoms with Gasteiger partial charge in [-0.3, -0.25) is 9.48 Å². The number of benzene rings is 4. The third-order valence-electron chi connectivity index (χ3n) is 6.22. The summed E-state index contributed by atoms with van der Waals surface area (Å²) in [5.74, 6) is -4.48. The first-order valence-electron chi connectivity index (χ1n) is 11.9. The van der Waals surface area contributed by atoms with Crippen molar-refractivity contribution in [3.63, 3.8) is 0 Å². The maximum absolute atomic E-state index is 14.5. The molecular formula is C29H19F6N3O2. The molecule has 0 radical (unpaired) electrons. The zero-order valence-electron chi connectivity index (χ0n) is 20.4. The highest BCUT2D eigenvalue weighted by Crippen LogP contribution is 2.38. The predicted octanol–water partition coefficient (Wildman–Crippen LogP) is 7.56. The minimum absolute atomic E-state index is 0.111. The molecule has 0 bridgehead atoms. The number of fused-ring (bicyclic) bond motifs is 1. The van der Waals surface area contributed by atoms with Crippen molar-refractivity contribution in [2.24, 2.45) is 0 Å². The van der Waals surface area contributed by atoms with Gasteiger partial charge in [-0.15, -0.1) is 0 Å². The van der Waals surface area contributed by atoms with E-state index < -0.39 is 52.8 Å². The van der Waals surface area contributed by atoms with Crippen LogP contribution < -0.4 is 5.32 Å². The van der Waals surface area contributed by atoms with Crippen molar-refractivity contribution in [1.29, 1.82) is 0 Å². The van der Waals surface area contributed by atoms with Crippen molar-refractivity contribution in [3.8, 4) is 11.3 Å². The summed E-state index contributed by atoms with van der Waals surface area (Å²) in [5, 5.41) is 16.3. The summed E-state index contributed by atoms with van der Waals surface area (Å²) >= 11 is 0. The van der Waals surface area contributed by atoms with Crippen LogP contribution >= 0.6 is 0 Å². The predicted molar refractivity (Wildman–Crippen MR) is 137 cm³/mol. The molecule has 0 atom stereocenters. The van der Waals surface area contributed by atoms with Crippen molar-refractivity contribution in [1.82, 2.24) is 9.78 Å². The van der Waals surface area contributed by atoms with E-state index in [9.17, 15) is 31.1 Å². The van der Waals surface area contributed by atoms with Crippen molar-refractivity contribution in [2.75, 3.05) is 5.32 Å². The fourth-order valence-electron chi connectivity index (χ4n) is 4.48. The molecule has 4 aromatic carbocycles. The summed E-state index contributed by atoms with van der Waals surface area (Å²) in [4.78, 5) is 11.0. The Labute approximate surface area is 223 Å². The number of carboxylic acids is 1. The second-order valence-electron chi connectivity index (χ2n) is 9.03. The normalized spacial score (nSPS) is 11.7. The highest BCUT2D eigenvalue weighted by molar-refractivity contribution is 5.95. The largest absolute Gasteiger partial charge is 0.481 e. The number of hydrogen-bond donors (Lipinski definition) is 2. The second-order valence-corrected chi connectivity index (χ2v) is 9.03. The maximum Gasteiger partial charge on any atom is 0.418 e. The van der Waals surface area contributed by atoms with Crippen LogP contribution in [-0.4, -0.2) is 20.9 Å². The van der Waals surface area contributed by atoms with E-state index >= 15 is 0 Å². The molecule has 0 aliphatic rings. The summed E-state index contributed by atoms with van der Waals surface area (Å²) in [7, 11) is 0. The molecule has 0 unspecified atom stereocenters. The maximum atomic E-state index is 14.5. The van der Waals surface area contributed by atoms with Gasteiger partial charge in [-0.2, -0.15) is 18.3 Å². The third kappa shape index (κ3) is 5.49. The van der Waals surface area contributed by atoms with E-state index in [4.69, 9.17) is 5.11 Å². The van der Waals surface area contributed by atoms with Gasteiger partial charge < -0.3 is 10.4 Å². The van der Waals surface area contributed by atoms with Crippen LogP contribution in [0.4, 0.5) is 37.7 Å². The van der Waals surface area contributed by atoms with Crippen LogP contribution in [0.15, 0.2) is 78.9 Å². The first-order valence-corrected chi connectivity index (χ1v) is 11.9. The zero-order valence-corrected chi connectivity index (χ0v) is 20.4. The monoisotopic (exact) mass is 555 g/mol. The quantitative estimate of drug-likeness (QED) is 0.204. The summed E-state index contributed by atoms with van der Waals surface area (Å²) in [6.45, 7) is -0.588. The molecular weight excluding hydrogens is 536 g/mol. The van der Waals surface area contributed by atoms with Gasteiger partial charge in [0.25, 0.3) is 0 Å². The Balaban J connectivity index is 1.57. The van der Waals surface area contributed by atoms with E-state index in [0.29, 0.717) is 34.6 Å². The number of halogens is 6. The molecule has 5 aromatic rings. The number of nitrogens with one attached hydrogen (secondary N) is 1. The molecule has 1 heterocycles. The molecule has 1 aromatic heterocycles. The van der Waals surface area contributed by atoms with Crippen LogP contribution in [0.3, 0.4) is 0 Å². The number of aromatic nitrogens is 2. The Hall–Kier alpha value is -4.80. The molecule has 0 aliphatic heterocycles. The fourth-order valence-corrected chi connectivity index (χ4v) is 4.48. The number of hydrogen-bond acceptors (Lipinski definition) is 3. The van der Waals surface area contributed by atoms with Crippen LogP contribution in [0.25, 0.3) is 22.2 Å². The summed E-state index contributed by atoms with van der Waals surface area (Å²) in [6, 6.07) is 17.8. The lowest BCUT2D eigenvalue weighted by Gasteiger charge is -2.12.